The largest absolute Gasteiger partial charge is 0.352 e. The van der Waals surface area contributed by atoms with Crippen LogP contribution in [0.4, 0.5) is 0 Å². The van der Waals surface area contributed by atoms with Gasteiger partial charge in [-0.2, -0.15) is 4.98 Å². The first-order chi connectivity index (χ1) is 11.3. The lowest BCUT2D eigenvalue weighted by Gasteiger charge is -2.34. The minimum Gasteiger partial charge on any atom is -0.352 e. The normalized spacial score (nSPS) is 18.9. The summed E-state index contributed by atoms with van der Waals surface area (Å²) in [5, 5.41) is 8.38. The van der Waals surface area contributed by atoms with Crippen LogP contribution in [0.15, 0.2) is 22.0 Å². The first-order valence-electron chi connectivity index (χ1n) is 8.07. The van der Waals surface area contributed by atoms with E-state index in [1.54, 1.807) is 7.05 Å². The summed E-state index contributed by atoms with van der Waals surface area (Å²) in [7, 11) is 1.56. The molecule has 1 amide bonds. The molecule has 1 N–H and O–H groups in total. The number of hydrogen-bond acceptors (Lipinski definition) is 6. The van der Waals surface area contributed by atoms with E-state index in [1.807, 2.05) is 11.3 Å². The van der Waals surface area contributed by atoms with Gasteiger partial charge >= 0.3 is 0 Å². The van der Waals surface area contributed by atoms with Crippen molar-refractivity contribution >= 4 is 17.2 Å². The number of rotatable bonds is 6. The van der Waals surface area contributed by atoms with Gasteiger partial charge in [-0.3, -0.25) is 9.69 Å². The molecule has 0 aliphatic carbocycles. The number of nitrogens with one attached hydrogen (secondary N) is 1. The Labute approximate surface area is 139 Å². The second-order valence-corrected chi connectivity index (χ2v) is 6.86. The smallest absolute Gasteiger partial charge is 0.292 e. The highest BCUT2D eigenvalue weighted by Gasteiger charge is 2.24. The lowest BCUT2D eigenvalue weighted by Crippen LogP contribution is -2.39. The average Bonchev–Trinajstić information content (AvgIpc) is 3.25. The van der Waals surface area contributed by atoms with Crippen LogP contribution in [0, 0.1) is 0 Å². The summed E-state index contributed by atoms with van der Waals surface area (Å²) in [5.41, 5.74) is 0. The third kappa shape index (κ3) is 4.17. The second kappa shape index (κ2) is 7.70. The van der Waals surface area contributed by atoms with Crippen LogP contribution in [0.5, 0.6) is 0 Å². The molecule has 3 rings (SSSR count). The monoisotopic (exact) mass is 334 g/mol. The average molecular weight is 334 g/mol. The lowest BCUT2D eigenvalue weighted by molar-refractivity contribution is 0.0949. The molecule has 1 saturated heterocycles. The molecule has 0 aromatic carbocycles. The van der Waals surface area contributed by atoms with Crippen LogP contribution in [-0.4, -0.2) is 40.6 Å². The maximum atomic E-state index is 11.5. The molecule has 2 aromatic rings. The summed E-state index contributed by atoms with van der Waals surface area (Å²) in [4.78, 5) is 19.6. The molecule has 7 heteroatoms. The number of thiophene rings is 1. The Bertz CT molecular complexity index is 626. The standard InChI is InChI=1S/C16H22N4O2S/c1-17-16(21)15-18-14(22-19-15)11-20-9-3-2-5-12(20)7-8-13-6-4-10-23-13/h4,6,10,12H,2-3,5,7-9,11H2,1H3,(H,17,21)/t12-/m0/s1. The molecule has 6 nitrogen and oxygen atoms in total. The van der Waals surface area contributed by atoms with Crippen LogP contribution >= 0.6 is 11.3 Å². The maximum absolute atomic E-state index is 11.5. The van der Waals surface area contributed by atoms with Gasteiger partial charge in [0.05, 0.1) is 6.54 Å². The van der Waals surface area contributed by atoms with Gasteiger partial charge in [0.15, 0.2) is 0 Å². The van der Waals surface area contributed by atoms with E-state index >= 15 is 0 Å². The molecule has 23 heavy (non-hydrogen) atoms. The zero-order chi connectivity index (χ0) is 16.1. The SMILES string of the molecule is CNC(=O)c1noc(CN2CCCC[C@H]2CCc2cccs2)n1. The fraction of sp³-hybridized carbons (Fsp3) is 0.562. The molecule has 0 unspecified atom stereocenters. The highest BCUT2D eigenvalue weighted by atomic mass is 32.1. The van der Waals surface area contributed by atoms with E-state index in [-0.39, 0.29) is 11.7 Å². The predicted molar refractivity (Wildman–Crippen MR) is 88.4 cm³/mol. The maximum Gasteiger partial charge on any atom is 0.292 e. The van der Waals surface area contributed by atoms with Crippen molar-refractivity contribution in [1.29, 1.82) is 0 Å². The highest BCUT2D eigenvalue weighted by Crippen LogP contribution is 2.24. The van der Waals surface area contributed by atoms with Gasteiger partial charge in [-0.15, -0.1) is 11.3 Å². The van der Waals surface area contributed by atoms with Crippen molar-refractivity contribution in [2.45, 2.75) is 44.7 Å². The number of nitrogens with zero attached hydrogens (tertiary/aromatic N) is 3. The Hall–Kier alpha value is -1.73. The molecule has 124 valence electrons. The molecule has 2 aromatic heterocycles. The number of amides is 1. The molecule has 1 atom stereocenters. The Morgan fingerprint density at radius 2 is 2.43 bits per heavy atom. The van der Waals surface area contributed by atoms with Gasteiger partial charge in [-0.05, 0) is 43.7 Å². The fourth-order valence-electron chi connectivity index (χ4n) is 3.06. The third-order valence-corrected chi connectivity index (χ3v) is 5.23. The van der Waals surface area contributed by atoms with Gasteiger partial charge in [0.25, 0.3) is 11.7 Å². The van der Waals surface area contributed by atoms with E-state index in [9.17, 15) is 4.79 Å². The first kappa shape index (κ1) is 16.1. The molecule has 1 aliphatic heterocycles. The topological polar surface area (TPSA) is 71.3 Å². The van der Waals surface area contributed by atoms with Crippen molar-refractivity contribution in [3.8, 4) is 0 Å². The summed E-state index contributed by atoms with van der Waals surface area (Å²) in [5.74, 6) is 0.314. The highest BCUT2D eigenvalue weighted by molar-refractivity contribution is 7.09. The van der Waals surface area contributed by atoms with E-state index in [0.717, 1.165) is 19.4 Å². The van der Waals surface area contributed by atoms with Crippen molar-refractivity contribution in [3.63, 3.8) is 0 Å². The molecule has 1 aliphatic rings. The van der Waals surface area contributed by atoms with Crippen LogP contribution in [-0.2, 0) is 13.0 Å². The number of carbonyl (C=O) groups excluding carboxylic acids is 1. The quantitative estimate of drug-likeness (QED) is 0.879. The van der Waals surface area contributed by atoms with Crippen LogP contribution in [0.3, 0.4) is 0 Å². The van der Waals surface area contributed by atoms with Crippen LogP contribution in [0.25, 0.3) is 0 Å². The minimum atomic E-state index is -0.312. The number of hydrogen-bond donors (Lipinski definition) is 1. The summed E-state index contributed by atoms with van der Waals surface area (Å²) in [6.07, 6.45) is 5.95. The van der Waals surface area contributed by atoms with Crippen molar-refractivity contribution < 1.29 is 9.32 Å². The van der Waals surface area contributed by atoms with E-state index in [2.05, 4.69) is 37.9 Å². The molecular weight excluding hydrogens is 312 g/mol. The summed E-state index contributed by atoms with van der Waals surface area (Å²) in [6, 6.07) is 4.85. The number of piperidine rings is 1. The van der Waals surface area contributed by atoms with Crippen LogP contribution in [0.2, 0.25) is 0 Å². The number of carbonyl (C=O) groups is 1. The molecule has 0 radical (unpaired) electrons. The van der Waals surface area contributed by atoms with Crippen molar-refractivity contribution in [3.05, 3.63) is 34.1 Å². The summed E-state index contributed by atoms with van der Waals surface area (Å²) < 4.78 is 5.23. The first-order valence-corrected chi connectivity index (χ1v) is 8.95. The van der Waals surface area contributed by atoms with E-state index in [0.29, 0.717) is 18.5 Å². The van der Waals surface area contributed by atoms with E-state index in [4.69, 9.17) is 4.52 Å². The van der Waals surface area contributed by atoms with Gasteiger partial charge in [-0.25, -0.2) is 0 Å². The predicted octanol–water partition coefficient (Wildman–Crippen LogP) is 2.48. The van der Waals surface area contributed by atoms with E-state index < -0.39 is 0 Å². The van der Waals surface area contributed by atoms with Gasteiger partial charge in [-0.1, -0.05) is 17.6 Å². The Morgan fingerprint density at radius 3 is 3.22 bits per heavy atom. The Morgan fingerprint density at radius 1 is 1.52 bits per heavy atom. The van der Waals surface area contributed by atoms with Crippen molar-refractivity contribution in [1.82, 2.24) is 20.4 Å². The Balaban J connectivity index is 1.59. The summed E-state index contributed by atoms with van der Waals surface area (Å²) >= 11 is 1.82. The second-order valence-electron chi connectivity index (χ2n) is 5.83. The molecule has 0 saturated carbocycles. The van der Waals surface area contributed by atoms with Gasteiger partial charge in [0.2, 0.25) is 5.89 Å². The van der Waals surface area contributed by atoms with Gasteiger partial charge < -0.3 is 9.84 Å². The number of aromatic nitrogens is 2. The zero-order valence-electron chi connectivity index (χ0n) is 13.3. The molecular formula is C16H22N4O2S. The summed E-state index contributed by atoms with van der Waals surface area (Å²) in [6.45, 7) is 1.67. The van der Waals surface area contributed by atoms with E-state index in [1.165, 1.54) is 24.1 Å². The Kier molecular flexibility index (Phi) is 5.40. The lowest BCUT2D eigenvalue weighted by atomic mass is 9.97. The number of likely N-dealkylation sites (tertiary alicyclic amines) is 1. The van der Waals surface area contributed by atoms with Gasteiger partial charge in [0.1, 0.15) is 0 Å². The van der Waals surface area contributed by atoms with Gasteiger partial charge in [0, 0.05) is 18.0 Å². The van der Waals surface area contributed by atoms with Crippen LogP contribution < -0.4 is 5.32 Å². The fourth-order valence-corrected chi connectivity index (χ4v) is 3.78. The zero-order valence-corrected chi connectivity index (χ0v) is 14.1. The molecule has 0 bridgehead atoms. The molecule has 3 heterocycles. The number of aryl methyl sites for hydroxylation is 1. The van der Waals surface area contributed by atoms with Crippen molar-refractivity contribution in [2.75, 3.05) is 13.6 Å². The van der Waals surface area contributed by atoms with Crippen LogP contribution in [0.1, 0.15) is 47.1 Å². The molecule has 1 fully saturated rings. The third-order valence-electron chi connectivity index (χ3n) is 4.29. The molecule has 0 spiro atoms. The van der Waals surface area contributed by atoms with Crippen molar-refractivity contribution in [2.24, 2.45) is 0 Å². The minimum absolute atomic E-state index is 0.106.